The third-order valence-corrected chi connectivity index (χ3v) is 1.51. The molecule has 0 fully saturated rings. The molecule has 0 bridgehead atoms. The zero-order valence-corrected chi connectivity index (χ0v) is 6.51. The predicted molar refractivity (Wildman–Crippen MR) is 36.9 cm³/mol. The normalized spacial score (nSPS) is 8.86. The lowest BCUT2D eigenvalue weighted by atomic mass is 10.6. The molecule has 42 valence electrons. The van der Waals surface area contributed by atoms with Crippen molar-refractivity contribution in [2.24, 2.45) is 0 Å². The van der Waals surface area contributed by atoms with Gasteiger partial charge in [-0.05, 0) is 22.2 Å². The Morgan fingerprint density at radius 1 is 1.86 bits per heavy atom. The van der Waals surface area contributed by atoms with Gasteiger partial charge in [-0.1, -0.05) is 0 Å². The van der Waals surface area contributed by atoms with Gasteiger partial charge in [0, 0.05) is 12.2 Å². The second kappa shape index (κ2) is 4.65. The number of hydrogen-bond donors (Lipinski definition) is 0. The molecule has 3 heteroatoms. The van der Waals surface area contributed by atoms with Crippen molar-refractivity contribution in [3.63, 3.8) is 0 Å². The van der Waals surface area contributed by atoms with E-state index in [1.165, 1.54) is 0 Å². The average Bonchev–Trinajstić information content (AvgIpc) is 1.61. The van der Waals surface area contributed by atoms with Gasteiger partial charge < -0.3 is 0 Å². The lowest BCUT2D eigenvalue weighted by Gasteiger charge is -1.85. The van der Waals surface area contributed by atoms with E-state index in [0.29, 0.717) is 6.42 Å². The quantitative estimate of drug-likeness (QED) is 0.619. The summed E-state index contributed by atoms with van der Waals surface area (Å²) in [6.07, 6.45) is 2.62. The minimum absolute atomic E-state index is 0.0989. The molecule has 0 aliphatic heterocycles. The Morgan fingerprint density at radius 3 is 2.57 bits per heavy atom. The lowest BCUT2D eigenvalue weighted by molar-refractivity contribution is -0.110. The van der Waals surface area contributed by atoms with Crippen molar-refractivity contribution >= 4 is 32.4 Å². The van der Waals surface area contributed by atoms with Crippen LogP contribution < -0.4 is 0 Å². The molecule has 0 heterocycles. The highest BCUT2D eigenvalue weighted by Gasteiger charge is 1.90. The van der Waals surface area contributed by atoms with Gasteiger partial charge in [-0.25, -0.2) is 0 Å². The molecule has 0 aromatic rings. The molecule has 0 N–H and O–H groups in total. The fraction of sp³-hybridized carbons (Fsp3) is 0.750. The molecule has 0 aliphatic rings. The van der Waals surface area contributed by atoms with Crippen molar-refractivity contribution in [2.75, 3.05) is 12.0 Å². The first-order valence-corrected chi connectivity index (χ1v) is 4.13. The summed E-state index contributed by atoms with van der Waals surface area (Å²) in [5, 5.41) is 0. The Bertz CT molecular complexity index is 64.7. The molecule has 7 heavy (non-hydrogen) atoms. The Balaban J connectivity index is 2.82. The highest BCUT2D eigenvalue weighted by atomic mass is 79.9. The van der Waals surface area contributed by atoms with Crippen molar-refractivity contribution in [1.29, 1.82) is 0 Å². The van der Waals surface area contributed by atoms with E-state index >= 15 is 0 Å². The Labute approximate surface area is 56.0 Å². The van der Waals surface area contributed by atoms with Crippen LogP contribution >= 0.6 is 27.7 Å². The highest BCUT2D eigenvalue weighted by Crippen LogP contribution is 1.98. The zero-order chi connectivity index (χ0) is 5.70. The molecule has 0 atom stereocenters. The number of thioether (sulfide) groups is 1. The molecule has 0 amide bonds. The van der Waals surface area contributed by atoms with Crippen LogP contribution in [0.15, 0.2) is 0 Å². The van der Waals surface area contributed by atoms with Crippen LogP contribution in [-0.2, 0) is 4.79 Å². The maximum atomic E-state index is 10.1. The molecule has 0 radical (unpaired) electrons. The summed E-state index contributed by atoms with van der Waals surface area (Å²) in [4.78, 5) is 10.1. The summed E-state index contributed by atoms with van der Waals surface area (Å²) in [7, 11) is 0. The van der Waals surface area contributed by atoms with E-state index in [2.05, 4.69) is 15.9 Å². The minimum atomic E-state index is 0.0989. The van der Waals surface area contributed by atoms with Crippen LogP contribution in [0.5, 0.6) is 0 Å². The van der Waals surface area contributed by atoms with Crippen LogP contribution in [0.1, 0.15) is 6.42 Å². The maximum absolute atomic E-state index is 10.1. The first kappa shape index (κ1) is 7.50. The molecule has 0 aliphatic carbocycles. The second-order valence-electron chi connectivity index (χ2n) is 1.10. The summed E-state index contributed by atoms with van der Waals surface area (Å²) in [6, 6.07) is 0. The number of carbonyl (C=O) groups is 1. The average molecular weight is 183 g/mol. The molecule has 0 aromatic heterocycles. The molecule has 0 saturated heterocycles. The molecule has 0 spiro atoms. The number of carbonyl (C=O) groups excluding carboxylic acids is 1. The van der Waals surface area contributed by atoms with Crippen molar-refractivity contribution in [3.8, 4) is 0 Å². The molecule has 1 nitrogen and oxygen atoms in total. The summed E-state index contributed by atoms with van der Waals surface area (Å²) in [5.41, 5.74) is 0. The Morgan fingerprint density at radius 2 is 2.43 bits per heavy atom. The van der Waals surface area contributed by atoms with E-state index in [1.54, 1.807) is 11.8 Å². The third kappa shape index (κ3) is 6.50. The van der Waals surface area contributed by atoms with Crippen LogP contribution in [0.3, 0.4) is 0 Å². The SMILES string of the molecule is CSCCC(=O)Br. The molecule has 0 saturated carbocycles. The van der Waals surface area contributed by atoms with Gasteiger partial charge in [0.05, 0.1) is 0 Å². The van der Waals surface area contributed by atoms with Gasteiger partial charge in [-0.15, -0.1) is 0 Å². The second-order valence-corrected chi connectivity index (χ2v) is 2.97. The lowest BCUT2D eigenvalue weighted by Crippen LogP contribution is -1.85. The smallest absolute Gasteiger partial charge is 0.198 e. The zero-order valence-electron chi connectivity index (χ0n) is 4.11. The van der Waals surface area contributed by atoms with Crippen molar-refractivity contribution in [3.05, 3.63) is 0 Å². The number of halogens is 1. The number of hydrogen-bond acceptors (Lipinski definition) is 2. The minimum Gasteiger partial charge on any atom is -0.287 e. The Hall–Kier alpha value is 0.500. The number of rotatable bonds is 3. The van der Waals surface area contributed by atoms with Crippen molar-refractivity contribution < 1.29 is 4.79 Å². The molecular weight excluding hydrogens is 176 g/mol. The van der Waals surface area contributed by atoms with Crippen LogP contribution in [0.2, 0.25) is 0 Å². The van der Waals surface area contributed by atoms with Crippen LogP contribution in [-0.4, -0.2) is 16.7 Å². The summed E-state index contributed by atoms with van der Waals surface area (Å²) in [6.45, 7) is 0. The van der Waals surface area contributed by atoms with E-state index in [-0.39, 0.29) is 4.69 Å². The Kier molecular flexibility index (Phi) is 4.99. The highest BCUT2D eigenvalue weighted by molar-refractivity contribution is 9.18. The van der Waals surface area contributed by atoms with Gasteiger partial charge in [0.1, 0.15) is 0 Å². The third-order valence-electron chi connectivity index (χ3n) is 0.503. The largest absolute Gasteiger partial charge is 0.287 e. The van der Waals surface area contributed by atoms with Gasteiger partial charge in [0.2, 0.25) is 0 Å². The first-order chi connectivity index (χ1) is 3.27. The molecular formula is C4H7BrOS. The first-order valence-electron chi connectivity index (χ1n) is 1.94. The topological polar surface area (TPSA) is 17.1 Å². The van der Waals surface area contributed by atoms with Gasteiger partial charge in [0.25, 0.3) is 0 Å². The van der Waals surface area contributed by atoms with E-state index in [4.69, 9.17) is 0 Å². The summed E-state index contributed by atoms with van der Waals surface area (Å²) < 4.78 is 0.0989. The van der Waals surface area contributed by atoms with E-state index in [9.17, 15) is 4.79 Å². The summed E-state index contributed by atoms with van der Waals surface area (Å²) >= 11 is 4.50. The van der Waals surface area contributed by atoms with Gasteiger partial charge in [0.15, 0.2) is 4.69 Å². The molecule has 0 rings (SSSR count). The standard InChI is InChI=1S/C4H7BrOS/c1-7-3-2-4(5)6/h2-3H2,1H3. The van der Waals surface area contributed by atoms with Crippen molar-refractivity contribution in [1.82, 2.24) is 0 Å². The van der Waals surface area contributed by atoms with Crippen molar-refractivity contribution in [2.45, 2.75) is 6.42 Å². The maximum Gasteiger partial charge on any atom is 0.198 e. The van der Waals surface area contributed by atoms with Gasteiger partial charge in [-0.2, -0.15) is 11.8 Å². The van der Waals surface area contributed by atoms with E-state index in [0.717, 1.165) is 5.75 Å². The van der Waals surface area contributed by atoms with Gasteiger partial charge >= 0.3 is 0 Å². The fourth-order valence-corrected chi connectivity index (χ4v) is 1.03. The van der Waals surface area contributed by atoms with Gasteiger partial charge in [-0.3, -0.25) is 4.79 Å². The predicted octanol–water partition coefficient (Wildman–Crippen LogP) is 1.66. The van der Waals surface area contributed by atoms with Crippen LogP contribution in [0.25, 0.3) is 0 Å². The van der Waals surface area contributed by atoms with E-state index in [1.807, 2.05) is 6.26 Å². The summed E-state index contributed by atoms with van der Waals surface area (Å²) in [5.74, 6) is 0.921. The van der Waals surface area contributed by atoms with Crippen LogP contribution in [0, 0.1) is 0 Å². The monoisotopic (exact) mass is 182 g/mol. The van der Waals surface area contributed by atoms with E-state index < -0.39 is 0 Å². The fourth-order valence-electron chi connectivity index (χ4n) is 0.182. The molecule has 0 unspecified atom stereocenters. The van der Waals surface area contributed by atoms with Crippen LogP contribution in [0.4, 0.5) is 0 Å². The molecule has 0 aromatic carbocycles.